The van der Waals surface area contributed by atoms with Crippen LogP contribution in [0.2, 0.25) is 0 Å². The Morgan fingerprint density at radius 2 is 1.81 bits per heavy atom. The number of aryl methyl sites for hydroxylation is 1. The van der Waals surface area contributed by atoms with Gasteiger partial charge in [-0.1, -0.05) is 44.5 Å². The Bertz CT molecular complexity index is 910. The summed E-state index contributed by atoms with van der Waals surface area (Å²) in [5.41, 5.74) is 4.72. The summed E-state index contributed by atoms with van der Waals surface area (Å²) in [6.07, 6.45) is 4.05. The molecule has 3 N–H and O–H groups in total. The number of amides is 3. The Balaban J connectivity index is 1.80. The van der Waals surface area contributed by atoms with Crippen molar-refractivity contribution in [1.29, 1.82) is 0 Å². The van der Waals surface area contributed by atoms with Gasteiger partial charge in [0.05, 0.1) is 6.21 Å². The molecule has 0 aliphatic heterocycles. The molecule has 0 radical (unpaired) electrons. The number of ether oxygens (including phenoxy) is 1. The summed E-state index contributed by atoms with van der Waals surface area (Å²) >= 11 is 0. The number of nitrogens with zero attached hydrogens (tertiary/aromatic N) is 1. The largest absolute Gasteiger partial charge is 0.484 e. The number of hydrogen-bond donors (Lipinski definition) is 3. The quantitative estimate of drug-likeness (QED) is 0.236. The lowest BCUT2D eigenvalue weighted by atomic mass is 10.1. The zero-order valence-corrected chi connectivity index (χ0v) is 17.8. The first-order chi connectivity index (χ1) is 15.0. The van der Waals surface area contributed by atoms with Crippen molar-refractivity contribution in [3.05, 3.63) is 59.7 Å². The highest BCUT2D eigenvalue weighted by molar-refractivity contribution is 6.35. The molecule has 0 aliphatic carbocycles. The number of carbonyl (C=O) groups excluding carboxylic acids is 3. The molecule has 0 fully saturated rings. The third-order valence-corrected chi connectivity index (χ3v) is 4.28. The van der Waals surface area contributed by atoms with Crippen molar-refractivity contribution in [3.8, 4) is 5.75 Å². The van der Waals surface area contributed by atoms with E-state index in [9.17, 15) is 14.4 Å². The average Bonchev–Trinajstić information content (AvgIpc) is 2.78. The number of hydrazone groups is 1. The van der Waals surface area contributed by atoms with Gasteiger partial charge in [-0.3, -0.25) is 14.4 Å². The molecule has 0 spiro atoms. The summed E-state index contributed by atoms with van der Waals surface area (Å²) in [6.45, 7) is 4.36. The second-order valence-electron chi connectivity index (χ2n) is 6.77. The van der Waals surface area contributed by atoms with Gasteiger partial charge in [0.1, 0.15) is 5.75 Å². The van der Waals surface area contributed by atoms with Crippen LogP contribution in [0.25, 0.3) is 0 Å². The van der Waals surface area contributed by atoms with Crippen LogP contribution in [0.4, 0.5) is 5.69 Å². The zero-order valence-electron chi connectivity index (χ0n) is 17.8. The van der Waals surface area contributed by atoms with Crippen molar-refractivity contribution in [2.75, 3.05) is 18.5 Å². The topological polar surface area (TPSA) is 109 Å². The number of anilines is 1. The number of benzene rings is 2. The van der Waals surface area contributed by atoms with Crippen LogP contribution in [0.15, 0.2) is 53.6 Å². The van der Waals surface area contributed by atoms with E-state index >= 15 is 0 Å². The summed E-state index contributed by atoms with van der Waals surface area (Å²) in [5.74, 6) is -1.35. The molecule has 0 unspecified atom stereocenters. The first-order valence-electron chi connectivity index (χ1n) is 10.2. The predicted molar refractivity (Wildman–Crippen MR) is 120 cm³/mol. The van der Waals surface area contributed by atoms with Gasteiger partial charge in [0.2, 0.25) is 0 Å². The van der Waals surface area contributed by atoms with Gasteiger partial charge in [-0.25, -0.2) is 5.43 Å². The number of rotatable bonds is 10. The van der Waals surface area contributed by atoms with E-state index in [1.54, 1.807) is 24.3 Å². The van der Waals surface area contributed by atoms with Crippen LogP contribution in [-0.4, -0.2) is 37.1 Å². The molecule has 0 atom stereocenters. The van der Waals surface area contributed by atoms with Crippen molar-refractivity contribution >= 4 is 29.6 Å². The standard InChI is InChI=1S/C23H28N4O4/c1-3-5-13-24-22(29)23(30)27-25-15-18-7-6-8-20(14-18)31-16-21(28)26-19-11-9-17(4-2)10-12-19/h6-12,14-15H,3-5,13,16H2,1-2H3,(H,24,29)(H,26,28)(H,27,30)/b25-15-. The highest BCUT2D eigenvalue weighted by atomic mass is 16.5. The molecule has 2 aromatic rings. The Morgan fingerprint density at radius 3 is 2.52 bits per heavy atom. The molecule has 2 aromatic carbocycles. The molecule has 8 heteroatoms. The van der Waals surface area contributed by atoms with Gasteiger partial charge in [0.15, 0.2) is 6.61 Å². The third-order valence-electron chi connectivity index (χ3n) is 4.28. The van der Waals surface area contributed by atoms with Gasteiger partial charge >= 0.3 is 11.8 Å². The molecule has 0 saturated carbocycles. The lowest BCUT2D eigenvalue weighted by molar-refractivity contribution is -0.139. The first kappa shape index (κ1) is 23.6. The monoisotopic (exact) mass is 424 g/mol. The second kappa shape index (κ2) is 12.8. The molecule has 31 heavy (non-hydrogen) atoms. The molecule has 0 aliphatic rings. The van der Waals surface area contributed by atoms with E-state index in [4.69, 9.17) is 4.74 Å². The van der Waals surface area contributed by atoms with Gasteiger partial charge in [-0.2, -0.15) is 5.10 Å². The summed E-state index contributed by atoms with van der Waals surface area (Å²) < 4.78 is 5.52. The van der Waals surface area contributed by atoms with Gasteiger partial charge in [0, 0.05) is 12.2 Å². The van der Waals surface area contributed by atoms with Gasteiger partial charge in [-0.05, 0) is 48.2 Å². The van der Waals surface area contributed by atoms with Crippen LogP contribution in [0, 0.1) is 0 Å². The highest BCUT2D eigenvalue weighted by Gasteiger charge is 2.11. The molecule has 0 bridgehead atoms. The average molecular weight is 425 g/mol. The molecule has 0 heterocycles. The maximum atomic E-state index is 12.1. The lowest BCUT2D eigenvalue weighted by Gasteiger charge is -2.08. The summed E-state index contributed by atoms with van der Waals surface area (Å²) in [6, 6.07) is 14.5. The molecule has 164 valence electrons. The van der Waals surface area contributed by atoms with Crippen LogP contribution in [0.5, 0.6) is 5.75 Å². The lowest BCUT2D eigenvalue weighted by Crippen LogP contribution is -2.38. The molecule has 2 rings (SSSR count). The number of hydrogen-bond acceptors (Lipinski definition) is 5. The molecule has 3 amide bonds. The summed E-state index contributed by atoms with van der Waals surface area (Å²) in [7, 11) is 0. The minimum Gasteiger partial charge on any atom is -0.484 e. The van der Waals surface area contributed by atoms with E-state index in [-0.39, 0.29) is 12.5 Å². The smallest absolute Gasteiger partial charge is 0.329 e. The fourth-order valence-electron chi connectivity index (χ4n) is 2.53. The van der Waals surface area contributed by atoms with Crippen LogP contribution >= 0.6 is 0 Å². The summed E-state index contributed by atoms with van der Waals surface area (Å²) in [4.78, 5) is 35.3. The third kappa shape index (κ3) is 8.69. The minimum atomic E-state index is -0.830. The maximum Gasteiger partial charge on any atom is 0.329 e. The Morgan fingerprint density at radius 1 is 1.03 bits per heavy atom. The zero-order chi connectivity index (χ0) is 22.5. The van der Waals surface area contributed by atoms with E-state index in [1.165, 1.54) is 11.8 Å². The Kier molecular flexibility index (Phi) is 9.74. The van der Waals surface area contributed by atoms with Gasteiger partial charge in [0.25, 0.3) is 5.91 Å². The van der Waals surface area contributed by atoms with E-state index in [0.29, 0.717) is 23.5 Å². The van der Waals surface area contributed by atoms with E-state index in [0.717, 1.165) is 19.3 Å². The fraction of sp³-hybridized carbons (Fsp3) is 0.304. The van der Waals surface area contributed by atoms with Gasteiger partial charge < -0.3 is 15.4 Å². The van der Waals surface area contributed by atoms with Crippen molar-refractivity contribution in [3.63, 3.8) is 0 Å². The van der Waals surface area contributed by atoms with Gasteiger partial charge in [-0.15, -0.1) is 0 Å². The normalized spacial score (nSPS) is 10.5. The minimum absolute atomic E-state index is 0.148. The van der Waals surface area contributed by atoms with Crippen molar-refractivity contribution in [2.45, 2.75) is 33.1 Å². The number of carbonyl (C=O) groups is 3. The molecule has 0 aromatic heterocycles. The predicted octanol–water partition coefficient (Wildman–Crippen LogP) is 2.63. The summed E-state index contributed by atoms with van der Waals surface area (Å²) in [5, 5.41) is 9.06. The second-order valence-corrected chi connectivity index (χ2v) is 6.77. The van der Waals surface area contributed by atoms with Crippen LogP contribution < -0.4 is 20.8 Å². The first-order valence-corrected chi connectivity index (χ1v) is 10.2. The van der Waals surface area contributed by atoms with Crippen molar-refractivity contribution in [2.24, 2.45) is 5.10 Å². The van der Waals surface area contributed by atoms with E-state index in [2.05, 4.69) is 28.1 Å². The fourth-order valence-corrected chi connectivity index (χ4v) is 2.53. The molecular weight excluding hydrogens is 396 g/mol. The van der Waals surface area contributed by atoms with Crippen LogP contribution in [-0.2, 0) is 20.8 Å². The van der Waals surface area contributed by atoms with Crippen LogP contribution in [0.1, 0.15) is 37.8 Å². The highest BCUT2D eigenvalue weighted by Crippen LogP contribution is 2.13. The molecule has 8 nitrogen and oxygen atoms in total. The van der Waals surface area contributed by atoms with E-state index in [1.807, 2.05) is 31.2 Å². The Hall–Kier alpha value is -3.68. The van der Waals surface area contributed by atoms with Crippen LogP contribution in [0.3, 0.4) is 0 Å². The van der Waals surface area contributed by atoms with Crippen molar-refractivity contribution in [1.82, 2.24) is 10.7 Å². The molecular formula is C23H28N4O4. The Labute approximate surface area is 182 Å². The maximum absolute atomic E-state index is 12.1. The molecule has 0 saturated heterocycles. The number of unbranched alkanes of at least 4 members (excludes halogenated alkanes) is 1. The number of nitrogens with one attached hydrogen (secondary N) is 3. The van der Waals surface area contributed by atoms with Crippen molar-refractivity contribution < 1.29 is 19.1 Å². The SMILES string of the molecule is CCCCNC(=O)C(=O)N/N=C\c1cccc(OCC(=O)Nc2ccc(CC)cc2)c1. The van der Waals surface area contributed by atoms with E-state index < -0.39 is 11.8 Å².